The molecule has 11 heteroatoms. The summed E-state index contributed by atoms with van der Waals surface area (Å²) in [4.78, 5) is 13.6. The highest BCUT2D eigenvalue weighted by molar-refractivity contribution is 5.83. The van der Waals surface area contributed by atoms with Crippen LogP contribution in [0.25, 0.3) is 11.2 Å². The van der Waals surface area contributed by atoms with Crippen molar-refractivity contribution in [2.24, 2.45) is 0 Å². The van der Waals surface area contributed by atoms with E-state index >= 15 is 0 Å². The van der Waals surface area contributed by atoms with Gasteiger partial charge in [0.1, 0.15) is 17.7 Å². The minimum Gasteiger partial charge on any atom is -0.388 e. The highest BCUT2D eigenvalue weighted by atomic mass is 16.5. The number of nitrogens with zero attached hydrogens (tertiary/aromatic N) is 6. The number of rotatable bonds is 7. The molecular weight excluding hydrogens is 472 g/mol. The lowest BCUT2D eigenvalue weighted by Gasteiger charge is -2.22. The van der Waals surface area contributed by atoms with Crippen molar-refractivity contribution in [1.29, 1.82) is 0 Å². The van der Waals surface area contributed by atoms with Crippen LogP contribution in [0.1, 0.15) is 48.9 Å². The highest BCUT2D eigenvalue weighted by Crippen LogP contribution is 2.40. The third-order valence-corrected chi connectivity index (χ3v) is 7.57. The van der Waals surface area contributed by atoms with E-state index in [1.807, 2.05) is 31.3 Å². The number of aliphatic hydroxyl groups excluding tert-OH is 2. The summed E-state index contributed by atoms with van der Waals surface area (Å²) in [6.07, 6.45) is 6.70. The summed E-state index contributed by atoms with van der Waals surface area (Å²) in [6, 6.07) is 9.39. The van der Waals surface area contributed by atoms with E-state index in [1.165, 1.54) is 0 Å². The maximum Gasteiger partial charge on any atom is 0.227 e. The van der Waals surface area contributed by atoms with Gasteiger partial charge in [0.25, 0.3) is 0 Å². The van der Waals surface area contributed by atoms with Crippen molar-refractivity contribution in [1.82, 2.24) is 29.3 Å². The topological polar surface area (TPSA) is 149 Å². The molecule has 3 aromatic heterocycles. The number of hydrogen-bond acceptors (Lipinski definition) is 9. The third kappa shape index (κ3) is 4.54. The molecule has 0 bridgehead atoms. The van der Waals surface area contributed by atoms with Gasteiger partial charge in [-0.3, -0.25) is 4.68 Å². The number of fused-ring (bicyclic) bond motifs is 1. The molecular formula is C26H32N8O3. The summed E-state index contributed by atoms with van der Waals surface area (Å²) in [7, 11) is 0. The Morgan fingerprint density at radius 3 is 2.70 bits per heavy atom. The molecule has 37 heavy (non-hydrogen) atoms. The average molecular weight is 505 g/mol. The number of benzene rings is 1. The van der Waals surface area contributed by atoms with E-state index in [1.54, 1.807) is 21.8 Å². The SMILES string of the molecule is Cc1cnn([C@H]2C[C@@H](n3cnc4c(N)nc(N[C@@H]5CCC[C@@H]5OCc5ccccc5)nc43)[C@H](O)[C@@H]2O)c1. The van der Waals surface area contributed by atoms with E-state index < -0.39 is 18.2 Å². The minimum absolute atomic E-state index is 0.0377. The molecule has 0 radical (unpaired) electrons. The molecule has 2 aliphatic rings. The van der Waals surface area contributed by atoms with Crippen LogP contribution in [0.2, 0.25) is 0 Å². The third-order valence-electron chi connectivity index (χ3n) is 7.57. The molecule has 0 spiro atoms. The van der Waals surface area contributed by atoms with E-state index in [-0.39, 0.29) is 24.0 Å². The number of nitrogens with two attached hydrogens (primary N) is 1. The van der Waals surface area contributed by atoms with E-state index in [9.17, 15) is 10.2 Å². The molecule has 5 N–H and O–H groups in total. The van der Waals surface area contributed by atoms with Gasteiger partial charge in [-0.1, -0.05) is 30.3 Å². The van der Waals surface area contributed by atoms with Gasteiger partial charge in [0.15, 0.2) is 11.5 Å². The monoisotopic (exact) mass is 504 g/mol. The first-order valence-corrected chi connectivity index (χ1v) is 12.8. The number of hydrogen-bond donors (Lipinski definition) is 4. The molecule has 194 valence electrons. The standard InChI is InChI=1S/C26H32N8O3/c1-15-11-29-34(12-15)19-10-18(22(35)23(19)36)33-14-28-21-24(27)31-26(32-25(21)33)30-17-8-5-9-20(17)37-13-16-6-3-2-4-7-16/h2-4,6-7,11-12,14,17-20,22-23,35-36H,5,8-10,13H2,1H3,(H3,27,30,31,32)/t17-,18-,19+,20+,22+,23-/m1/s1. The van der Waals surface area contributed by atoms with Crippen LogP contribution in [-0.2, 0) is 11.3 Å². The van der Waals surface area contributed by atoms with Gasteiger partial charge in [-0.25, -0.2) is 4.98 Å². The van der Waals surface area contributed by atoms with Crippen LogP contribution in [0.3, 0.4) is 0 Å². The molecule has 2 saturated carbocycles. The van der Waals surface area contributed by atoms with Gasteiger partial charge in [-0.2, -0.15) is 15.1 Å². The van der Waals surface area contributed by atoms with Gasteiger partial charge < -0.3 is 30.6 Å². The van der Waals surface area contributed by atoms with Crippen LogP contribution in [0.15, 0.2) is 49.1 Å². The van der Waals surface area contributed by atoms with E-state index in [0.717, 1.165) is 30.4 Å². The lowest BCUT2D eigenvalue weighted by Crippen LogP contribution is -2.32. The Kier molecular flexibility index (Phi) is 6.27. The Morgan fingerprint density at radius 1 is 1.11 bits per heavy atom. The second-order valence-corrected chi connectivity index (χ2v) is 10.1. The molecule has 6 atom stereocenters. The maximum atomic E-state index is 10.9. The largest absolute Gasteiger partial charge is 0.388 e. The van der Waals surface area contributed by atoms with Gasteiger partial charge in [0, 0.05) is 6.20 Å². The van der Waals surface area contributed by atoms with E-state index in [2.05, 4.69) is 32.5 Å². The Hall–Kier alpha value is -3.54. The van der Waals surface area contributed by atoms with Gasteiger partial charge in [0.05, 0.1) is 43.4 Å². The van der Waals surface area contributed by atoms with Crippen LogP contribution in [0.4, 0.5) is 11.8 Å². The number of nitrogens with one attached hydrogen (secondary N) is 1. The Bertz CT molecular complexity index is 1370. The van der Waals surface area contributed by atoms with Gasteiger partial charge >= 0.3 is 0 Å². The van der Waals surface area contributed by atoms with Crippen molar-refractivity contribution in [2.75, 3.05) is 11.1 Å². The lowest BCUT2D eigenvalue weighted by atomic mass is 10.2. The quantitative estimate of drug-likeness (QED) is 0.297. The van der Waals surface area contributed by atoms with Gasteiger partial charge in [0.2, 0.25) is 5.95 Å². The fraction of sp³-hybridized carbons (Fsp3) is 0.462. The highest BCUT2D eigenvalue weighted by Gasteiger charge is 2.44. The molecule has 0 unspecified atom stereocenters. The van der Waals surface area contributed by atoms with Crippen LogP contribution in [0, 0.1) is 6.92 Å². The number of aliphatic hydroxyl groups is 2. The number of anilines is 2. The number of aryl methyl sites for hydroxylation is 1. The number of ether oxygens (including phenoxy) is 1. The molecule has 1 aromatic carbocycles. The summed E-state index contributed by atoms with van der Waals surface area (Å²) in [5, 5.41) is 29.5. The van der Waals surface area contributed by atoms with Crippen molar-refractivity contribution in [2.45, 2.75) is 75.7 Å². The fourth-order valence-electron chi connectivity index (χ4n) is 5.62. The molecule has 0 amide bonds. The first-order valence-electron chi connectivity index (χ1n) is 12.8. The Morgan fingerprint density at radius 2 is 1.92 bits per heavy atom. The summed E-state index contributed by atoms with van der Waals surface area (Å²) in [5.74, 6) is 0.664. The normalized spacial score (nSPS) is 27.8. The molecule has 11 nitrogen and oxygen atoms in total. The summed E-state index contributed by atoms with van der Waals surface area (Å²) in [6.45, 7) is 2.50. The van der Waals surface area contributed by atoms with Crippen molar-refractivity contribution in [3.8, 4) is 0 Å². The van der Waals surface area contributed by atoms with Gasteiger partial charge in [-0.15, -0.1) is 0 Å². The van der Waals surface area contributed by atoms with Crippen LogP contribution in [-0.4, -0.2) is 63.9 Å². The number of nitrogen functional groups attached to an aromatic ring is 1. The summed E-state index contributed by atoms with van der Waals surface area (Å²) in [5.41, 5.74) is 9.39. The molecule has 6 rings (SSSR count). The van der Waals surface area contributed by atoms with E-state index in [4.69, 9.17) is 15.5 Å². The zero-order chi connectivity index (χ0) is 25.5. The van der Waals surface area contributed by atoms with Crippen LogP contribution in [0.5, 0.6) is 0 Å². The number of aromatic nitrogens is 6. The molecule has 0 aliphatic heterocycles. The molecule has 2 fully saturated rings. The van der Waals surface area contributed by atoms with Crippen molar-refractivity contribution in [3.63, 3.8) is 0 Å². The second kappa shape index (κ2) is 9.73. The van der Waals surface area contributed by atoms with E-state index in [0.29, 0.717) is 30.1 Å². The predicted octanol–water partition coefficient (Wildman–Crippen LogP) is 2.37. The zero-order valence-electron chi connectivity index (χ0n) is 20.7. The molecule has 0 saturated heterocycles. The van der Waals surface area contributed by atoms with Crippen LogP contribution >= 0.6 is 0 Å². The van der Waals surface area contributed by atoms with Gasteiger partial charge in [-0.05, 0) is 43.7 Å². The maximum absolute atomic E-state index is 10.9. The first-order chi connectivity index (χ1) is 18.0. The lowest BCUT2D eigenvalue weighted by molar-refractivity contribution is 0.00722. The van der Waals surface area contributed by atoms with Crippen molar-refractivity contribution in [3.05, 3.63) is 60.2 Å². The molecule has 4 aromatic rings. The minimum atomic E-state index is -1.01. The Labute approximate surface area is 214 Å². The van der Waals surface area contributed by atoms with Crippen LogP contribution < -0.4 is 11.1 Å². The van der Waals surface area contributed by atoms with Crippen molar-refractivity contribution < 1.29 is 14.9 Å². The zero-order valence-corrected chi connectivity index (χ0v) is 20.7. The summed E-state index contributed by atoms with van der Waals surface area (Å²) < 4.78 is 9.74. The fourth-order valence-corrected chi connectivity index (χ4v) is 5.62. The van der Waals surface area contributed by atoms with Crippen molar-refractivity contribution >= 4 is 22.9 Å². The first kappa shape index (κ1) is 23.8. The second-order valence-electron chi connectivity index (χ2n) is 10.1. The Balaban J connectivity index is 1.22. The predicted molar refractivity (Wildman–Crippen MR) is 138 cm³/mol. The number of imidazole rings is 1. The average Bonchev–Trinajstić information content (AvgIpc) is 3.68. The summed E-state index contributed by atoms with van der Waals surface area (Å²) >= 11 is 0. The molecule has 3 heterocycles. The smallest absolute Gasteiger partial charge is 0.227 e. The molecule has 2 aliphatic carbocycles.